The summed E-state index contributed by atoms with van der Waals surface area (Å²) in [4.78, 5) is 30.3. The first kappa shape index (κ1) is 13.3. The summed E-state index contributed by atoms with van der Waals surface area (Å²) >= 11 is 0. The lowest BCUT2D eigenvalue weighted by Gasteiger charge is -2.28. The van der Waals surface area contributed by atoms with Crippen LogP contribution in [0.25, 0.3) is 0 Å². The molecule has 1 unspecified atom stereocenters. The Balaban J connectivity index is 2.08. The Bertz CT molecular complexity index is 463. The highest BCUT2D eigenvalue weighted by molar-refractivity contribution is 5.91. The monoisotopic (exact) mass is 263 g/mol. The molecule has 0 saturated carbocycles. The molecule has 0 bridgehead atoms. The largest absolute Gasteiger partial charge is 0.481 e. The van der Waals surface area contributed by atoms with Crippen LogP contribution >= 0.6 is 0 Å². The number of carbonyl (C=O) groups excluding carboxylic acids is 1. The van der Waals surface area contributed by atoms with Crippen molar-refractivity contribution in [2.24, 2.45) is 0 Å². The van der Waals surface area contributed by atoms with E-state index in [-0.39, 0.29) is 18.5 Å². The van der Waals surface area contributed by atoms with Gasteiger partial charge in [0.2, 0.25) is 0 Å². The summed E-state index contributed by atoms with van der Waals surface area (Å²) in [5.74, 6) is -0.867. The molecule has 6 nitrogen and oxygen atoms in total. The molecule has 19 heavy (non-hydrogen) atoms. The van der Waals surface area contributed by atoms with E-state index >= 15 is 0 Å². The maximum absolute atomic E-state index is 12.4. The molecular weight excluding hydrogens is 246 g/mol. The van der Waals surface area contributed by atoms with Gasteiger partial charge in [0.25, 0.3) is 0 Å². The minimum absolute atomic E-state index is 0.00657. The zero-order valence-corrected chi connectivity index (χ0v) is 10.8. The van der Waals surface area contributed by atoms with Crippen molar-refractivity contribution in [2.75, 3.05) is 18.5 Å². The third-order valence-corrected chi connectivity index (χ3v) is 3.35. The molecule has 0 aromatic carbocycles. The molecule has 0 spiro atoms. The van der Waals surface area contributed by atoms with Crippen LogP contribution in [0.2, 0.25) is 0 Å². The number of aliphatic carboxylic acids is 1. The van der Waals surface area contributed by atoms with E-state index in [4.69, 9.17) is 5.11 Å². The number of likely N-dealkylation sites (tertiary alicyclic amines) is 1. The molecule has 102 valence electrons. The van der Waals surface area contributed by atoms with E-state index < -0.39 is 5.97 Å². The first-order valence-electron chi connectivity index (χ1n) is 6.25. The number of carbonyl (C=O) groups is 2. The first-order chi connectivity index (χ1) is 9.09. The normalized spacial score (nSPS) is 18.4. The summed E-state index contributed by atoms with van der Waals surface area (Å²) in [6, 6.07) is 3.19. The predicted molar refractivity (Wildman–Crippen MR) is 70.0 cm³/mol. The van der Waals surface area contributed by atoms with Crippen molar-refractivity contribution in [3.63, 3.8) is 0 Å². The van der Waals surface area contributed by atoms with Gasteiger partial charge in [-0.2, -0.15) is 0 Å². The molecule has 0 aliphatic carbocycles. The lowest BCUT2D eigenvalue weighted by Crippen LogP contribution is -2.44. The zero-order chi connectivity index (χ0) is 13.8. The second-order valence-electron chi connectivity index (χ2n) is 4.64. The fourth-order valence-electron chi connectivity index (χ4n) is 2.36. The lowest BCUT2D eigenvalue weighted by molar-refractivity contribution is -0.137. The number of hydrogen-bond acceptors (Lipinski definition) is 3. The van der Waals surface area contributed by atoms with E-state index in [2.05, 4.69) is 4.98 Å². The molecule has 1 aromatic rings. The van der Waals surface area contributed by atoms with E-state index in [9.17, 15) is 9.59 Å². The van der Waals surface area contributed by atoms with Gasteiger partial charge in [-0.15, -0.1) is 0 Å². The Morgan fingerprint density at radius 3 is 3.00 bits per heavy atom. The van der Waals surface area contributed by atoms with E-state index in [0.29, 0.717) is 12.2 Å². The molecule has 1 aliphatic heterocycles. The van der Waals surface area contributed by atoms with Gasteiger partial charge in [-0.25, -0.2) is 4.79 Å². The Hall–Kier alpha value is -2.11. The number of hydrogen-bond donors (Lipinski definition) is 1. The van der Waals surface area contributed by atoms with Crippen LogP contribution in [0.1, 0.15) is 19.3 Å². The number of urea groups is 1. The van der Waals surface area contributed by atoms with Gasteiger partial charge >= 0.3 is 12.0 Å². The topological polar surface area (TPSA) is 73.7 Å². The first-order valence-corrected chi connectivity index (χ1v) is 6.25. The fourth-order valence-corrected chi connectivity index (χ4v) is 2.36. The van der Waals surface area contributed by atoms with Crippen molar-refractivity contribution >= 4 is 17.7 Å². The van der Waals surface area contributed by atoms with Crippen molar-refractivity contribution in [3.8, 4) is 0 Å². The van der Waals surface area contributed by atoms with Gasteiger partial charge in [-0.3, -0.25) is 14.7 Å². The van der Waals surface area contributed by atoms with Crippen LogP contribution < -0.4 is 4.90 Å². The van der Waals surface area contributed by atoms with Gasteiger partial charge in [0, 0.05) is 25.8 Å². The molecule has 2 heterocycles. The van der Waals surface area contributed by atoms with E-state index in [0.717, 1.165) is 12.8 Å². The number of pyridine rings is 1. The van der Waals surface area contributed by atoms with Crippen LogP contribution in [0.5, 0.6) is 0 Å². The SMILES string of the molecule is CN(C(=O)N1CCCC1CC(=O)O)c1cccnc1. The van der Waals surface area contributed by atoms with Crippen LogP contribution in [-0.4, -0.2) is 46.6 Å². The van der Waals surface area contributed by atoms with Crippen LogP contribution in [0, 0.1) is 0 Å². The van der Waals surface area contributed by atoms with E-state index in [1.807, 2.05) is 0 Å². The summed E-state index contributed by atoms with van der Waals surface area (Å²) in [5.41, 5.74) is 0.702. The van der Waals surface area contributed by atoms with Gasteiger partial charge in [0.05, 0.1) is 18.3 Å². The molecule has 2 rings (SSSR count). The molecule has 1 fully saturated rings. The Morgan fingerprint density at radius 1 is 1.58 bits per heavy atom. The Labute approximate surface area is 111 Å². The maximum atomic E-state index is 12.4. The number of anilines is 1. The predicted octanol–water partition coefficient (Wildman–Crippen LogP) is 1.58. The van der Waals surface area contributed by atoms with Crippen LogP contribution in [0.15, 0.2) is 24.5 Å². The molecule has 1 atom stereocenters. The lowest BCUT2D eigenvalue weighted by atomic mass is 10.1. The minimum atomic E-state index is -0.867. The highest BCUT2D eigenvalue weighted by Gasteiger charge is 2.32. The molecule has 1 aromatic heterocycles. The van der Waals surface area contributed by atoms with Gasteiger partial charge in [-0.1, -0.05) is 0 Å². The summed E-state index contributed by atoms with van der Waals surface area (Å²) in [7, 11) is 1.68. The number of nitrogens with zero attached hydrogens (tertiary/aromatic N) is 3. The van der Waals surface area contributed by atoms with Crippen molar-refractivity contribution < 1.29 is 14.7 Å². The molecule has 1 saturated heterocycles. The van der Waals surface area contributed by atoms with Crippen molar-refractivity contribution in [1.82, 2.24) is 9.88 Å². The van der Waals surface area contributed by atoms with Gasteiger partial charge in [0.1, 0.15) is 0 Å². The third kappa shape index (κ3) is 3.01. The van der Waals surface area contributed by atoms with Gasteiger partial charge in [0.15, 0.2) is 0 Å². The Morgan fingerprint density at radius 2 is 2.37 bits per heavy atom. The Kier molecular flexibility index (Phi) is 3.99. The van der Waals surface area contributed by atoms with Gasteiger partial charge < -0.3 is 10.0 Å². The molecule has 0 radical (unpaired) electrons. The van der Waals surface area contributed by atoms with Crippen LogP contribution in [-0.2, 0) is 4.79 Å². The third-order valence-electron chi connectivity index (χ3n) is 3.35. The molecule has 2 amide bonds. The van der Waals surface area contributed by atoms with E-state index in [1.54, 1.807) is 36.5 Å². The summed E-state index contributed by atoms with van der Waals surface area (Å²) in [6.07, 6.45) is 4.86. The standard InChI is InChI=1S/C13H17N3O3/c1-15(11-4-2-6-14-9-11)13(19)16-7-3-5-10(16)8-12(17)18/h2,4,6,9-10H,3,5,7-8H2,1H3,(H,17,18). The average Bonchev–Trinajstić information content (AvgIpc) is 2.85. The summed E-state index contributed by atoms with van der Waals surface area (Å²) in [5, 5.41) is 8.87. The smallest absolute Gasteiger partial charge is 0.324 e. The molecule has 1 N–H and O–H groups in total. The van der Waals surface area contributed by atoms with Crippen molar-refractivity contribution in [3.05, 3.63) is 24.5 Å². The molecule has 6 heteroatoms. The quantitative estimate of drug-likeness (QED) is 0.898. The van der Waals surface area contributed by atoms with Crippen LogP contribution in [0.3, 0.4) is 0 Å². The second-order valence-corrected chi connectivity index (χ2v) is 4.64. The molecule has 1 aliphatic rings. The number of amides is 2. The number of carboxylic acid groups (broad SMARTS) is 1. The highest BCUT2D eigenvalue weighted by Crippen LogP contribution is 2.23. The highest BCUT2D eigenvalue weighted by atomic mass is 16.4. The summed E-state index contributed by atoms with van der Waals surface area (Å²) < 4.78 is 0. The van der Waals surface area contributed by atoms with Crippen molar-refractivity contribution in [1.29, 1.82) is 0 Å². The number of rotatable bonds is 3. The second kappa shape index (κ2) is 5.69. The summed E-state index contributed by atoms with van der Waals surface area (Å²) in [6.45, 7) is 0.612. The van der Waals surface area contributed by atoms with Gasteiger partial charge in [-0.05, 0) is 25.0 Å². The van der Waals surface area contributed by atoms with Crippen molar-refractivity contribution in [2.45, 2.75) is 25.3 Å². The number of aromatic nitrogens is 1. The maximum Gasteiger partial charge on any atom is 0.324 e. The zero-order valence-electron chi connectivity index (χ0n) is 10.8. The van der Waals surface area contributed by atoms with Crippen LogP contribution in [0.4, 0.5) is 10.5 Å². The number of carboxylic acids is 1. The molecular formula is C13H17N3O3. The average molecular weight is 263 g/mol. The fraction of sp³-hybridized carbons (Fsp3) is 0.462. The minimum Gasteiger partial charge on any atom is -0.481 e. The van der Waals surface area contributed by atoms with E-state index in [1.165, 1.54) is 4.90 Å².